The molecule has 0 saturated carbocycles. The van der Waals surface area contributed by atoms with E-state index in [4.69, 9.17) is 11.6 Å². The largest absolute Gasteiger partial charge is 0.285 e. The van der Waals surface area contributed by atoms with Crippen LogP contribution in [-0.4, -0.2) is 22.6 Å². The van der Waals surface area contributed by atoms with Gasteiger partial charge in [-0.15, -0.1) is 9.19 Å². The molecule has 0 aliphatic carbocycles. The van der Waals surface area contributed by atoms with Gasteiger partial charge in [-0.05, 0) is 12.1 Å². The number of hydrogen-bond donors (Lipinski definition) is 0. The van der Waals surface area contributed by atoms with Crippen LogP contribution >= 0.6 is 11.6 Å². The molecule has 3 rings (SSSR count). The summed E-state index contributed by atoms with van der Waals surface area (Å²) in [6.45, 7) is 0. The monoisotopic (exact) mass is 293 g/mol. The van der Waals surface area contributed by atoms with Gasteiger partial charge in [-0.2, -0.15) is 8.42 Å². The van der Waals surface area contributed by atoms with Crippen molar-refractivity contribution >= 4 is 32.4 Å². The lowest BCUT2D eigenvalue weighted by molar-refractivity contribution is 0.581. The summed E-state index contributed by atoms with van der Waals surface area (Å²) < 4.78 is 25.7. The maximum atomic E-state index is 12.4. The Labute approximate surface area is 114 Å². The fourth-order valence-electron chi connectivity index (χ4n) is 1.88. The summed E-state index contributed by atoms with van der Waals surface area (Å²) in [5.74, 6) is 0. The van der Waals surface area contributed by atoms with Crippen molar-refractivity contribution in [1.82, 2.24) is 14.2 Å². The van der Waals surface area contributed by atoms with Crippen LogP contribution in [0, 0.1) is 0 Å². The van der Waals surface area contributed by atoms with E-state index in [9.17, 15) is 8.42 Å². The number of benzene rings is 2. The highest BCUT2D eigenvalue weighted by atomic mass is 35.5. The Morgan fingerprint density at radius 3 is 2.47 bits per heavy atom. The van der Waals surface area contributed by atoms with Crippen LogP contribution in [-0.2, 0) is 10.0 Å². The molecule has 96 valence electrons. The van der Waals surface area contributed by atoms with Crippen molar-refractivity contribution in [2.75, 3.05) is 0 Å². The van der Waals surface area contributed by atoms with Crippen molar-refractivity contribution in [3.8, 4) is 0 Å². The molecule has 1 aromatic heterocycles. The summed E-state index contributed by atoms with van der Waals surface area (Å²) >= 11 is 6.07. The summed E-state index contributed by atoms with van der Waals surface area (Å²) in [5.41, 5.74) is 0. The molecule has 0 amide bonds. The lowest BCUT2D eigenvalue weighted by Crippen LogP contribution is -2.13. The zero-order valence-electron chi connectivity index (χ0n) is 9.56. The lowest BCUT2D eigenvalue weighted by Gasteiger charge is -2.08. The second kappa shape index (κ2) is 4.32. The normalized spacial score (nSPS) is 11.8. The van der Waals surface area contributed by atoms with E-state index >= 15 is 0 Å². The van der Waals surface area contributed by atoms with E-state index in [0.717, 1.165) is 10.4 Å². The van der Waals surface area contributed by atoms with Crippen LogP contribution in [0.15, 0.2) is 53.9 Å². The van der Waals surface area contributed by atoms with Gasteiger partial charge in [-0.25, -0.2) is 4.98 Å². The van der Waals surface area contributed by atoms with E-state index in [0.29, 0.717) is 15.8 Å². The summed E-state index contributed by atoms with van der Waals surface area (Å²) in [5, 5.41) is 5.43. The summed E-state index contributed by atoms with van der Waals surface area (Å²) in [7, 11) is -3.75. The van der Waals surface area contributed by atoms with Gasteiger partial charge in [0.1, 0.15) is 12.7 Å². The van der Waals surface area contributed by atoms with Crippen LogP contribution in [0.25, 0.3) is 10.8 Å². The Morgan fingerprint density at radius 1 is 1.05 bits per heavy atom. The van der Waals surface area contributed by atoms with E-state index in [1.807, 2.05) is 0 Å². The Morgan fingerprint density at radius 2 is 1.79 bits per heavy atom. The molecule has 3 aromatic rings. The first-order chi connectivity index (χ1) is 9.10. The van der Waals surface area contributed by atoms with Crippen LogP contribution in [0.3, 0.4) is 0 Å². The molecule has 0 saturated heterocycles. The second-order valence-electron chi connectivity index (χ2n) is 3.86. The molecule has 2 aromatic carbocycles. The van der Waals surface area contributed by atoms with Gasteiger partial charge in [-0.1, -0.05) is 35.9 Å². The van der Waals surface area contributed by atoms with Crippen LogP contribution in [0.5, 0.6) is 0 Å². The third-order valence-electron chi connectivity index (χ3n) is 2.75. The predicted molar refractivity (Wildman–Crippen MR) is 71.6 cm³/mol. The third-order valence-corrected chi connectivity index (χ3v) is 4.68. The molecule has 0 aliphatic rings. The standard InChI is InChI=1S/C12H8ClN3O2S/c13-11-5-6-12(10-4-2-1-3-9(10)11)19(17,18)16-8-14-7-15-16/h1-8H. The van der Waals surface area contributed by atoms with Crippen molar-refractivity contribution in [2.24, 2.45) is 0 Å². The van der Waals surface area contributed by atoms with Crippen LogP contribution in [0.1, 0.15) is 0 Å². The maximum Gasteiger partial charge on any atom is 0.285 e. The van der Waals surface area contributed by atoms with E-state index in [-0.39, 0.29) is 4.90 Å². The number of hydrogen-bond acceptors (Lipinski definition) is 4. The van der Waals surface area contributed by atoms with Gasteiger partial charge >= 0.3 is 0 Å². The first-order valence-corrected chi connectivity index (χ1v) is 7.20. The average Bonchev–Trinajstić information content (AvgIpc) is 2.94. The molecule has 0 spiro atoms. The first-order valence-electron chi connectivity index (χ1n) is 5.38. The van der Waals surface area contributed by atoms with Gasteiger partial charge in [0.15, 0.2) is 0 Å². The van der Waals surface area contributed by atoms with Crippen molar-refractivity contribution < 1.29 is 8.42 Å². The van der Waals surface area contributed by atoms with Gasteiger partial charge in [0.25, 0.3) is 10.0 Å². The molecule has 0 aliphatic heterocycles. The number of halogens is 1. The van der Waals surface area contributed by atoms with E-state index < -0.39 is 10.0 Å². The predicted octanol–water partition coefficient (Wildman–Crippen LogP) is 2.32. The van der Waals surface area contributed by atoms with Gasteiger partial charge in [0.2, 0.25) is 0 Å². The smallest absolute Gasteiger partial charge is 0.222 e. The average molecular weight is 294 g/mol. The Hall–Kier alpha value is -1.92. The molecule has 5 nitrogen and oxygen atoms in total. The Kier molecular flexibility index (Phi) is 2.76. The van der Waals surface area contributed by atoms with E-state index in [1.165, 1.54) is 12.4 Å². The minimum absolute atomic E-state index is 0.151. The van der Waals surface area contributed by atoms with Gasteiger partial charge in [0, 0.05) is 15.8 Å². The molecule has 1 heterocycles. The number of fused-ring (bicyclic) bond motifs is 1. The van der Waals surface area contributed by atoms with Gasteiger partial charge in [-0.3, -0.25) is 0 Å². The molecule has 19 heavy (non-hydrogen) atoms. The molecule has 7 heteroatoms. The van der Waals surface area contributed by atoms with Gasteiger partial charge in [0.05, 0.1) is 4.90 Å². The summed E-state index contributed by atoms with van der Waals surface area (Å²) in [6.07, 6.45) is 2.33. The zero-order valence-corrected chi connectivity index (χ0v) is 11.1. The van der Waals surface area contributed by atoms with Crippen LogP contribution in [0.4, 0.5) is 0 Å². The van der Waals surface area contributed by atoms with Crippen molar-refractivity contribution in [1.29, 1.82) is 0 Å². The van der Waals surface area contributed by atoms with E-state index in [2.05, 4.69) is 10.1 Å². The SMILES string of the molecule is O=S(=O)(c1ccc(Cl)c2ccccc12)n1cncn1. The molecular weight excluding hydrogens is 286 g/mol. The first kappa shape index (κ1) is 12.1. The molecule has 0 bridgehead atoms. The second-order valence-corrected chi connectivity index (χ2v) is 6.04. The highest BCUT2D eigenvalue weighted by molar-refractivity contribution is 7.90. The van der Waals surface area contributed by atoms with Crippen LogP contribution < -0.4 is 0 Å². The van der Waals surface area contributed by atoms with Crippen molar-refractivity contribution in [3.63, 3.8) is 0 Å². The molecule has 0 N–H and O–H groups in total. The third kappa shape index (κ3) is 1.89. The van der Waals surface area contributed by atoms with Crippen molar-refractivity contribution in [2.45, 2.75) is 4.90 Å². The fraction of sp³-hybridized carbons (Fsp3) is 0. The molecule has 0 radical (unpaired) electrons. The highest BCUT2D eigenvalue weighted by Crippen LogP contribution is 2.29. The maximum absolute atomic E-state index is 12.4. The van der Waals surface area contributed by atoms with Gasteiger partial charge < -0.3 is 0 Å². The molecular formula is C12H8ClN3O2S. The van der Waals surface area contributed by atoms with Crippen LogP contribution in [0.2, 0.25) is 5.02 Å². The lowest BCUT2D eigenvalue weighted by atomic mass is 10.1. The number of aromatic nitrogens is 3. The molecule has 0 unspecified atom stereocenters. The van der Waals surface area contributed by atoms with Crippen molar-refractivity contribution in [3.05, 3.63) is 54.1 Å². The molecule has 0 atom stereocenters. The summed E-state index contributed by atoms with van der Waals surface area (Å²) in [6, 6.07) is 10.1. The topological polar surface area (TPSA) is 64.8 Å². The highest BCUT2D eigenvalue weighted by Gasteiger charge is 2.20. The minimum atomic E-state index is -3.75. The van der Waals surface area contributed by atoms with E-state index in [1.54, 1.807) is 30.3 Å². The zero-order chi connectivity index (χ0) is 13.5. The summed E-state index contributed by atoms with van der Waals surface area (Å²) in [4.78, 5) is 3.81. The fourth-order valence-corrected chi connectivity index (χ4v) is 3.35. The number of rotatable bonds is 2. The Balaban J connectivity index is 2.36. The molecule has 0 fully saturated rings. The quantitative estimate of drug-likeness (QED) is 0.727. The minimum Gasteiger partial charge on any atom is -0.222 e. The Bertz CT molecular complexity index is 845. The number of nitrogens with zero attached hydrogens (tertiary/aromatic N) is 3.